The van der Waals surface area contributed by atoms with Crippen molar-refractivity contribution in [2.45, 2.75) is 64.1 Å². The molecule has 0 aromatic carbocycles. The Bertz CT molecular complexity index is 592. The molecule has 1 atom stereocenters. The first-order valence-electron chi connectivity index (χ1n) is 8.93. The first-order chi connectivity index (χ1) is 11.6. The Hall–Kier alpha value is -1.89. The monoisotopic (exact) mass is 333 g/mol. The minimum atomic E-state index is -0.401. The lowest BCUT2D eigenvalue weighted by atomic mass is 10.1. The van der Waals surface area contributed by atoms with E-state index in [2.05, 4.69) is 34.5 Å². The summed E-state index contributed by atoms with van der Waals surface area (Å²) in [5.74, 6) is 0.538. The van der Waals surface area contributed by atoms with E-state index in [0.29, 0.717) is 12.6 Å². The quantitative estimate of drug-likeness (QED) is 0.856. The molecule has 7 nitrogen and oxygen atoms in total. The summed E-state index contributed by atoms with van der Waals surface area (Å²) >= 11 is 0. The Balaban J connectivity index is 1.65. The van der Waals surface area contributed by atoms with Crippen LogP contribution in [0, 0.1) is 0 Å². The lowest BCUT2D eigenvalue weighted by Crippen LogP contribution is -2.58. The summed E-state index contributed by atoms with van der Waals surface area (Å²) in [6.45, 7) is 5.53. The number of amides is 2. The van der Waals surface area contributed by atoms with Crippen LogP contribution in [-0.2, 0) is 9.59 Å². The second-order valence-corrected chi connectivity index (χ2v) is 6.99. The maximum Gasteiger partial charge on any atom is 0.237 e. The van der Waals surface area contributed by atoms with Crippen molar-refractivity contribution in [3.8, 4) is 0 Å². The molecule has 1 aliphatic heterocycles. The van der Waals surface area contributed by atoms with Crippen molar-refractivity contribution < 1.29 is 9.59 Å². The largest absolute Gasteiger partial charge is 0.353 e. The van der Waals surface area contributed by atoms with Crippen LogP contribution >= 0.6 is 0 Å². The zero-order valence-corrected chi connectivity index (χ0v) is 14.5. The van der Waals surface area contributed by atoms with Crippen LogP contribution in [-0.4, -0.2) is 51.7 Å². The van der Waals surface area contributed by atoms with Crippen molar-refractivity contribution in [3.63, 3.8) is 0 Å². The van der Waals surface area contributed by atoms with Gasteiger partial charge in [-0.1, -0.05) is 12.8 Å². The van der Waals surface area contributed by atoms with E-state index in [1.807, 2.05) is 10.7 Å². The van der Waals surface area contributed by atoms with Crippen LogP contribution < -0.4 is 10.6 Å². The number of rotatable bonds is 5. The summed E-state index contributed by atoms with van der Waals surface area (Å²) in [7, 11) is 0. The molecule has 1 saturated heterocycles. The minimum Gasteiger partial charge on any atom is -0.353 e. The van der Waals surface area contributed by atoms with Gasteiger partial charge in [-0.2, -0.15) is 5.10 Å². The van der Waals surface area contributed by atoms with Crippen LogP contribution in [0.1, 0.15) is 52.0 Å². The molecule has 0 bridgehead atoms. The average Bonchev–Trinajstić information content (AvgIpc) is 3.19. The van der Waals surface area contributed by atoms with Gasteiger partial charge in [0.05, 0.1) is 24.7 Å². The Kier molecular flexibility index (Phi) is 5.18. The molecule has 1 aliphatic carbocycles. The highest BCUT2D eigenvalue weighted by Crippen LogP contribution is 2.31. The van der Waals surface area contributed by atoms with Gasteiger partial charge in [0.25, 0.3) is 0 Å². The zero-order chi connectivity index (χ0) is 17.1. The van der Waals surface area contributed by atoms with Gasteiger partial charge in [0.1, 0.15) is 5.82 Å². The molecule has 2 fully saturated rings. The van der Waals surface area contributed by atoms with Crippen LogP contribution in [0.3, 0.4) is 0 Å². The third kappa shape index (κ3) is 3.61. The molecule has 0 radical (unpaired) electrons. The molecule has 132 valence electrons. The maximum absolute atomic E-state index is 12.5. The van der Waals surface area contributed by atoms with E-state index in [1.165, 1.54) is 12.8 Å². The fraction of sp³-hybridized carbons (Fsp3) is 0.706. The lowest BCUT2D eigenvalue weighted by Gasteiger charge is -2.37. The number of hydrogen-bond acceptors (Lipinski definition) is 4. The Morgan fingerprint density at radius 3 is 2.88 bits per heavy atom. The molecule has 1 unspecified atom stereocenters. The zero-order valence-electron chi connectivity index (χ0n) is 14.5. The van der Waals surface area contributed by atoms with E-state index in [1.54, 1.807) is 6.20 Å². The first-order valence-corrected chi connectivity index (χ1v) is 8.93. The number of nitrogens with zero attached hydrogens (tertiary/aromatic N) is 3. The number of carbonyl (C=O) groups is 2. The van der Waals surface area contributed by atoms with Gasteiger partial charge in [-0.25, -0.2) is 4.68 Å². The third-order valence-electron chi connectivity index (χ3n) is 5.02. The lowest BCUT2D eigenvalue weighted by molar-refractivity contribution is -0.133. The van der Waals surface area contributed by atoms with Crippen molar-refractivity contribution in [1.82, 2.24) is 20.0 Å². The fourth-order valence-electron chi connectivity index (χ4n) is 3.78. The highest BCUT2D eigenvalue weighted by Gasteiger charge is 2.33. The van der Waals surface area contributed by atoms with E-state index < -0.39 is 6.04 Å². The first kappa shape index (κ1) is 17.0. The number of aromatic nitrogens is 2. The maximum atomic E-state index is 12.5. The van der Waals surface area contributed by atoms with Crippen LogP contribution in [0.5, 0.6) is 0 Å². The van der Waals surface area contributed by atoms with Gasteiger partial charge in [-0.15, -0.1) is 0 Å². The fourth-order valence-corrected chi connectivity index (χ4v) is 3.78. The van der Waals surface area contributed by atoms with E-state index in [9.17, 15) is 9.59 Å². The number of piperazine rings is 1. The van der Waals surface area contributed by atoms with Crippen LogP contribution in [0.2, 0.25) is 0 Å². The van der Waals surface area contributed by atoms with Crippen LogP contribution in [0.25, 0.3) is 0 Å². The molecule has 2 aliphatic rings. The second kappa shape index (κ2) is 7.34. The smallest absolute Gasteiger partial charge is 0.237 e. The Morgan fingerprint density at radius 1 is 1.42 bits per heavy atom. The third-order valence-corrected chi connectivity index (χ3v) is 5.02. The minimum absolute atomic E-state index is 0.0607. The van der Waals surface area contributed by atoms with Crippen molar-refractivity contribution >= 4 is 17.6 Å². The van der Waals surface area contributed by atoms with Crippen molar-refractivity contribution in [2.24, 2.45) is 0 Å². The normalized spacial score (nSPS) is 22.8. The van der Waals surface area contributed by atoms with Crippen LogP contribution in [0.4, 0.5) is 5.82 Å². The van der Waals surface area contributed by atoms with E-state index in [0.717, 1.165) is 25.2 Å². The summed E-state index contributed by atoms with van der Waals surface area (Å²) < 4.78 is 1.92. The van der Waals surface area contributed by atoms with Crippen molar-refractivity contribution in [3.05, 3.63) is 12.3 Å². The predicted molar refractivity (Wildman–Crippen MR) is 91.6 cm³/mol. The Labute approximate surface area is 142 Å². The van der Waals surface area contributed by atoms with Gasteiger partial charge < -0.3 is 10.6 Å². The van der Waals surface area contributed by atoms with Crippen molar-refractivity contribution in [2.75, 3.05) is 18.4 Å². The molecular formula is C17H27N5O2. The van der Waals surface area contributed by atoms with Gasteiger partial charge >= 0.3 is 0 Å². The highest BCUT2D eigenvalue weighted by atomic mass is 16.2. The number of carbonyl (C=O) groups excluding carboxylic acids is 2. The Morgan fingerprint density at radius 2 is 2.17 bits per heavy atom. The van der Waals surface area contributed by atoms with Gasteiger partial charge in [0.2, 0.25) is 11.8 Å². The molecular weight excluding hydrogens is 306 g/mol. The molecule has 2 amide bonds. The summed E-state index contributed by atoms with van der Waals surface area (Å²) in [6, 6.07) is 2.04. The van der Waals surface area contributed by atoms with Crippen molar-refractivity contribution in [1.29, 1.82) is 0 Å². The number of anilines is 1. The number of hydrogen-bond donors (Lipinski definition) is 2. The molecule has 1 aromatic rings. The average molecular weight is 333 g/mol. The second-order valence-electron chi connectivity index (χ2n) is 6.99. The van der Waals surface area contributed by atoms with E-state index >= 15 is 0 Å². The molecule has 2 N–H and O–H groups in total. The van der Waals surface area contributed by atoms with Gasteiger partial charge in [0.15, 0.2) is 0 Å². The van der Waals surface area contributed by atoms with Gasteiger partial charge in [-0.05, 0) is 26.7 Å². The molecule has 2 heterocycles. The van der Waals surface area contributed by atoms with Gasteiger partial charge in [0, 0.05) is 25.2 Å². The molecule has 24 heavy (non-hydrogen) atoms. The van der Waals surface area contributed by atoms with E-state index in [4.69, 9.17) is 0 Å². The molecule has 0 spiro atoms. The summed E-state index contributed by atoms with van der Waals surface area (Å²) in [5.41, 5.74) is 0. The summed E-state index contributed by atoms with van der Waals surface area (Å²) in [4.78, 5) is 26.8. The molecule has 1 saturated carbocycles. The topological polar surface area (TPSA) is 79.3 Å². The number of nitrogens with one attached hydrogen (secondary N) is 2. The highest BCUT2D eigenvalue weighted by molar-refractivity contribution is 5.95. The van der Waals surface area contributed by atoms with Crippen LogP contribution in [0.15, 0.2) is 12.3 Å². The SMILES string of the molecule is CC(C)N1CCNC(=O)C1CC(=O)Nc1ccnn1C1CCCC1. The van der Waals surface area contributed by atoms with Gasteiger partial charge in [-0.3, -0.25) is 14.5 Å². The predicted octanol–water partition coefficient (Wildman–Crippen LogP) is 1.54. The standard InChI is InChI=1S/C17H27N5O2/c1-12(2)21-10-9-18-17(24)14(21)11-16(23)20-15-7-8-19-22(15)13-5-3-4-6-13/h7-8,12-14H,3-6,9-11H2,1-2H3,(H,18,24)(H,20,23). The molecule has 7 heteroatoms. The molecule has 3 rings (SSSR count). The summed E-state index contributed by atoms with van der Waals surface area (Å²) in [5, 5.41) is 10.2. The molecule has 1 aromatic heterocycles. The summed E-state index contributed by atoms with van der Waals surface area (Å²) in [6.07, 6.45) is 6.53. The van der Waals surface area contributed by atoms with E-state index in [-0.39, 0.29) is 24.3 Å².